The first-order valence-electron chi connectivity index (χ1n) is 20.0. The van der Waals surface area contributed by atoms with E-state index in [0.29, 0.717) is 59.6 Å². The van der Waals surface area contributed by atoms with Crippen LogP contribution in [0.1, 0.15) is 43.4 Å². The number of nitrogens with zero attached hydrogens (tertiary/aromatic N) is 7. The van der Waals surface area contributed by atoms with Crippen molar-refractivity contribution in [2.45, 2.75) is 74.4 Å². The Morgan fingerprint density at radius 1 is 0.800 bits per heavy atom. The Morgan fingerprint density at radius 3 is 2.05 bits per heavy atom. The second-order valence-electron chi connectivity index (χ2n) is 14.9. The topological polar surface area (TPSA) is 337 Å². The lowest BCUT2D eigenvalue weighted by molar-refractivity contribution is -0.386. The van der Waals surface area contributed by atoms with Crippen LogP contribution in [0, 0.1) is 30.3 Å². The van der Waals surface area contributed by atoms with Crippen LogP contribution in [-0.2, 0) is 23.3 Å². The Labute approximate surface area is 371 Å². The molecule has 25 nitrogen and oxygen atoms in total. The Morgan fingerprint density at radius 2 is 1.45 bits per heavy atom. The number of hydrogen-bond acceptors (Lipinski definition) is 20. The number of nitro groups is 3. The number of nitro benzene ring substituents is 2. The summed E-state index contributed by atoms with van der Waals surface area (Å²) >= 11 is 0. The molecule has 11 atom stereocenters. The molecule has 7 heterocycles. The number of benzene rings is 2. The molecule has 3 aromatic heterocycles. The normalized spacial score (nSPS) is 26.0. The summed E-state index contributed by atoms with van der Waals surface area (Å²) < 4.78 is 42.0. The molecule has 4 aliphatic heterocycles. The monoisotopic (exact) mass is 948 g/mol. The van der Waals surface area contributed by atoms with Crippen LogP contribution < -0.4 is 15.2 Å². The molecule has 2 aromatic carbocycles. The zero-order chi connectivity index (χ0) is 46.5. The third kappa shape index (κ3) is 10.1. The molecule has 0 aliphatic carbocycles. The van der Waals surface area contributed by atoms with E-state index >= 15 is 0 Å². The number of pyridine rings is 1. The average Bonchev–Trinajstić information content (AvgIpc) is 4.16. The second kappa shape index (κ2) is 20.9. The lowest BCUT2D eigenvalue weighted by Crippen LogP contribution is -2.26. The van der Waals surface area contributed by atoms with E-state index in [1.165, 1.54) is 23.0 Å². The van der Waals surface area contributed by atoms with Gasteiger partial charge in [0.2, 0.25) is 6.79 Å². The van der Waals surface area contributed by atoms with E-state index in [0.717, 1.165) is 11.6 Å². The van der Waals surface area contributed by atoms with Gasteiger partial charge in [0.05, 0.1) is 77.0 Å². The molecule has 9 rings (SSSR count). The number of imidazole rings is 1. The van der Waals surface area contributed by atoms with Gasteiger partial charge in [-0.25, -0.2) is 9.97 Å². The van der Waals surface area contributed by atoms with Crippen molar-refractivity contribution >= 4 is 62.4 Å². The summed E-state index contributed by atoms with van der Waals surface area (Å²) in [6, 6.07) is 9.66. The molecule has 2 unspecified atom stereocenters. The van der Waals surface area contributed by atoms with Crippen LogP contribution >= 0.6 is 17.6 Å². The van der Waals surface area contributed by atoms with Gasteiger partial charge in [0.15, 0.2) is 22.8 Å². The number of nitrogen functional groups attached to an aromatic ring is 1. The molecule has 0 bridgehead atoms. The molecule has 3 fully saturated rings. The van der Waals surface area contributed by atoms with Crippen LogP contribution in [0.4, 0.5) is 22.9 Å². The fourth-order valence-corrected chi connectivity index (χ4v) is 8.84. The maximum absolute atomic E-state index is 11.4. The van der Waals surface area contributed by atoms with Gasteiger partial charge in [0, 0.05) is 54.5 Å². The zero-order valence-electron chi connectivity index (χ0n) is 34.6. The maximum atomic E-state index is 11.4. The van der Waals surface area contributed by atoms with Crippen molar-refractivity contribution in [1.29, 1.82) is 0 Å². The Balaban J connectivity index is 0.000000146. The average molecular weight is 949 g/mol. The molecule has 0 amide bonds. The van der Waals surface area contributed by atoms with E-state index in [9.17, 15) is 40.6 Å². The largest absolute Gasteiger partial charge is 0.454 e. The smallest absolute Gasteiger partial charge is 0.313 e. The number of hydrogen-bond donors (Lipinski definition) is 5. The van der Waals surface area contributed by atoms with Crippen molar-refractivity contribution in [3.63, 3.8) is 0 Å². The lowest BCUT2D eigenvalue weighted by Gasteiger charge is -2.17. The lowest BCUT2D eigenvalue weighted by atomic mass is 10.0. The van der Waals surface area contributed by atoms with Gasteiger partial charge >= 0.3 is 5.69 Å². The molecule has 27 heteroatoms. The summed E-state index contributed by atoms with van der Waals surface area (Å²) in [6.45, 7) is 3.74. The highest BCUT2D eigenvalue weighted by Crippen LogP contribution is 2.46. The highest BCUT2D eigenvalue weighted by molar-refractivity contribution is 7.31. The van der Waals surface area contributed by atoms with E-state index in [1.807, 2.05) is 13.3 Å². The van der Waals surface area contributed by atoms with E-state index < -0.39 is 57.7 Å². The van der Waals surface area contributed by atoms with Gasteiger partial charge < -0.3 is 63.5 Å². The first-order chi connectivity index (χ1) is 31.3. The number of aliphatic hydroxyl groups excluding tert-OH is 4. The predicted octanol–water partition coefficient (Wildman–Crippen LogP) is 3.75. The minimum atomic E-state index is -0.851. The van der Waals surface area contributed by atoms with E-state index in [4.69, 9.17) is 48.7 Å². The summed E-state index contributed by atoms with van der Waals surface area (Å²) in [5.74, 6) is 0.966. The number of aliphatic hydroxyl groups is 4. The standard InChI is InChI=1S/C14H19NO7P2.C13H14N2O5.C11H13N5O5/c1-23-20-6-14-13(22-24-2)5-10(21-14)8-3-11-12(19-7-18-11)4-9(8)15(16)17;16-7-11-10(17)6-12(20-11)14-5-4-8-2-1-3-9(13(8)14)15(18)19;12-11-9-10(5(2-13-11)16(19)20)15(4-14-9)8-1-6(18)7(3-17)21-8/h3-4,10,13-14,23-24H,5-7H2,1-2H3;1-5,10-12,16-17H,6-7H2;2,4,6-8,17-18H,1,3H2,(H2,12,13)/t10-,13-,14-;10-,11-,12-;6-,7-,8-/m111/s1. The fourth-order valence-electron chi connectivity index (χ4n) is 7.96. The molecule has 65 heavy (non-hydrogen) atoms. The highest BCUT2D eigenvalue weighted by atomic mass is 31.1. The summed E-state index contributed by atoms with van der Waals surface area (Å²) in [5.41, 5.74) is 6.74. The number of fused-ring (bicyclic) bond motifs is 3. The van der Waals surface area contributed by atoms with E-state index in [1.54, 1.807) is 35.0 Å². The summed E-state index contributed by atoms with van der Waals surface area (Å²) in [4.78, 5) is 40.0. The molecule has 5 aromatic rings. The van der Waals surface area contributed by atoms with Crippen LogP contribution in [0.25, 0.3) is 21.9 Å². The number of ether oxygens (including phenoxy) is 5. The van der Waals surface area contributed by atoms with Gasteiger partial charge in [-0.3, -0.25) is 34.9 Å². The minimum Gasteiger partial charge on any atom is -0.454 e. The second-order valence-corrected chi connectivity index (χ2v) is 16.2. The van der Waals surface area contributed by atoms with Crippen molar-refractivity contribution in [2.24, 2.45) is 0 Å². The van der Waals surface area contributed by atoms with Gasteiger partial charge in [-0.2, -0.15) is 0 Å². The van der Waals surface area contributed by atoms with Crippen LogP contribution in [0.2, 0.25) is 0 Å². The Bertz CT molecular complexity index is 2510. The van der Waals surface area contributed by atoms with Gasteiger partial charge in [-0.05, 0) is 25.5 Å². The van der Waals surface area contributed by atoms with Gasteiger partial charge in [0.25, 0.3) is 11.4 Å². The summed E-state index contributed by atoms with van der Waals surface area (Å²) in [6.07, 6.45) is 0.149. The molecule has 3 saturated heterocycles. The SMILES string of the molecule is CPOC[C@H]1O[C@@H](c2cc3c(cc2[N+](=O)[O-])OCO3)C[C@H]1OPC.Nc1ncc([N+](=O)[O-])c2c1ncn2[C@H]1C[C@@H](O)[C@@H](CO)O1.O=[N+]([O-])c1cccc2ccn([C@H]3C[C@@H](O)[C@@H](CO)O3)c12. The summed E-state index contributed by atoms with van der Waals surface area (Å²) in [7, 11) is 0.672. The van der Waals surface area contributed by atoms with Crippen molar-refractivity contribution in [3.05, 3.63) is 91.0 Å². The predicted molar refractivity (Wildman–Crippen MR) is 231 cm³/mol. The molecule has 4 aliphatic rings. The molecular formula is C38H46N8O17P2. The quantitative estimate of drug-likeness (QED) is 0.0637. The fraction of sp³-hybridized carbons (Fsp3) is 0.474. The zero-order valence-corrected chi connectivity index (χ0v) is 36.6. The van der Waals surface area contributed by atoms with Crippen molar-refractivity contribution in [1.82, 2.24) is 19.1 Å². The van der Waals surface area contributed by atoms with Gasteiger partial charge in [-0.1, -0.05) is 12.1 Å². The number of aromatic nitrogens is 4. The van der Waals surface area contributed by atoms with Crippen molar-refractivity contribution < 1.29 is 67.9 Å². The molecule has 6 N–H and O–H groups in total. The van der Waals surface area contributed by atoms with E-state index in [-0.39, 0.29) is 72.5 Å². The molecule has 0 radical (unpaired) electrons. The molecule has 350 valence electrons. The third-order valence-corrected chi connectivity index (χ3v) is 12.0. The van der Waals surface area contributed by atoms with Crippen LogP contribution in [0.3, 0.4) is 0 Å². The van der Waals surface area contributed by atoms with Gasteiger partial charge in [-0.15, -0.1) is 0 Å². The Hall–Kier alpha value is -5.30. The van der Waals surface area contributed by atoms with Crippen molar-refractivity contribution in [2.75, 3.05) is 45.7 Å². The van der Waals surface area contributed by atoms with Crippen molar-refractivity contribution in [3.8, 4) is 11.5 Å². The molecular weight excluding hydrogens is 902 g/mol. The van der Waals surface area contributed by atoms with Crippen LogP contribution in [0.15, 0.2) is 55.1 Å². The maximum Gasteiger partial charge on any atom is 0.313 e. The first-order valence-corrected chi connectivity index (χ1v) is 22.8. The van der Waals surface area contributed by atoms with Gasteiger partial charge in [0.1, 0.15) is 48.0 Å². The number of para-hydroxylation sites is 1. The summed E-state index contributed by atoms with van der Waals surface area (Å²) in [5, 5.41) is 72.2. The molecule has 0 saturated carbocycles. The minimum absolute atomic E-state index is 0.00182. The number of anilines is 1. The number of non-ortho nitro benzene ring substituents is 1. The van der Waals surface area contributed by atoms with Crippen LogP contribution in [0.5, 0.6) is 11.5 Å². The Kier molecular flexibility index (Phi) is 15.3. The van der Waals surface area contributed by atoms with Crippen LogP contribution in [-0.4, -0.2) is 131 Å². The highest BCUT2D eigenvalue weighted by Gasteiger charge is 2.41. The molecule has 0 spiro atoms. The first kappa shape index (κ1) is 47.7. The number of nitrogens with two attached hydrogens (primary N) is 1. The number of rotatable bonds is 13. The third-order valence-electron chi connectivity index (χ3n) is 11.0. The van der Waals surface area contributed by atoms with E-state index in [2.05, 4.69) is 9.97 Å².